The molecule has 0 radical (unpaired) electrons. The zero-order valence-corrected chi connectivity index (χ0v) is 9.69. The van der Waals surface area contributed by atoms with Crippen LogP contribution in [0, 0.1) is 6.92 Å². The SMILES string of the molecule is COc1cc(C(=O)c2ccc(C)o2)ccc1N. The van der Waals surface area contributed by atoms with Crippen molar-refractivity contribution in [1.82, 2.24) is 0 Å². The minimum Gasteiger partial charge on any atom is -0.495 e. The molecule has 2 rings (SSSR count). The highest BCUT2D eigenvalue weighted by Gasteiger charge is 2.14. The number of rotatable bonds is 3. The van der Waals surface area contributed by atoms with E-state index >= 15 is 0 Å². The lowest BCUT2D eigenvalue weighted by atomic mass is 10.1. The number of ketones is 1. The molecule has 0 saturated carbocycles. The second-order valence-electron chi connectivity index (χ2n) is 3.70. The number of hydrogen-bond donors (Lipinski definition) is 1. The van der Waals surface area contributed by atoms with Crippen molar-refractivity contribution < 1.29 is 13.9 Å². The maximum absolute atomic E-state index is 12.0. The molecule has 0 aliphatic rings. The van der Waals surface area contributed by atoms with Crippen molar-refractivity contribution in [3.63, 3.8) is 0 Å². The van der Waals surface area contributed by atoms with E-state index in [1.54, 1.807) is 37.3 Å². The molecule has 4 nitrogen and oxygen atoms in total. The van der Waals surface area contributed by atoms with Gasteiger partial charge in [0, 0.05) is 5.56 Å². The Morgan fingerprint density at radius 1 is 1.29 bits per heavy atom. The third-order valence-electron chi connectivity index (χ3n) is 2.46. The molecule has 2 aromatic rings. The number of methoxy groups -OCH3 is 1. The van der Waals surface area contributed by atoms with Gasteiger partial charge in [0.2, 0.25) is 5.78 Å². The van der Waals surface area contributed by atoms with Crippen LogP contribution in [0.2, 0.25) is 0 Å². The van der Waals surface area contributed by atoms with Crippen LogP contribution in [0.5, 0.6) is 5.75 Å². The summed E-state index contributed by atoms with van der Waals surface area (Å²) < 4.78 is 10.4. The van der Waals surface area contributed by atoms with Crippen molar-refractivity contribution in [2.75, 3.05) is 12.8 Å². The quantitative estimate of drug-likeness (QED) is 0.650. The Hall–Kier alpha value is -2.23. The minimum atomic E-state index is -0.184. The molecule has 0 amide bonds. The highest BCUT2D eigenvalue weighted by atomic mass is 16.5. The molecule has 0 unspecified atom stereocenters. The van der Waals surface area contributed by atoms with E-state index in [-0.39, 0.29) is 5.78 Å². The fourth-order valence-corrected chi connectivity index (χ4v) is 1.55. The molecule has 0 aliphatic heterocycles. The molecule has 0 spiro atoms. The lowest BCUT2D eigenvalue weighted by Crippen LogP contribution is -2.01. The lowest BCUT2D eigenvalue weighted by molar-refractivity contribution is 0.101. The number of nitrogens with two attached hydrogens (primary N) is 1. The number of benzene rings is 1. The third-order valence-corrected chi connectivity index (χ3v) is 2.46. The summed E-state index contributed by atoms with van der Waals surface area (Å²) in [6.07, 6.45) is 0. The summed E-state index contributed by atoms with van der Waals surface area (Å²) in [5.41, 5.74) is 6.67. The zero-order chi connectivity index (χ0) is 12.4. The molecule has 4 heteroatoms. The number of furan rings is 1. The van der Waals surface area contributed by atoms with Crippen LogP contribution in [0.3, 0.4) is 0 Å². The molecule has 17 heavy (non-hydrogen) atoms. The molecule has 1 aromatic heterocycles. The fourth-order valence-electron chi connectivity index (χ4n) is 1.55. The van der Waals surface area contributed by atoms with Crippen LogP contribution in [-0.4, -0.2) is 12.9 Å². The van der Waals surface area contributed by atoms with Gasteiger partial charge in [-0.2, -0.15) is 0 Å². The van der Waals surface area contributed by atoms with E-state index in [9.17, 15) is 4.79 Å². The van der Waals surface area contributed by atoms with Gasteiger partial charge >= 0.3 is 0 Å². The number of nitrogen functional groups attached to an aromatic ring is 1. The minimum absolute atomic E-state index is 0.184. The summed E-state index contributed by atoms with van der Waals surface area (Å²) in [5.74, 6) is 1.32. The van der Waals surface area contributed by atoms with Gasteiger partial charge in [0.25, 0.3) is 0 Å². The highest BCUT2D eigenvalue weighted by molar-refractivity contribution is 6.07. The van der Waals surface area contributed by atoms with Gasteiger partial charge in [-0.05, 0) is 37.3 Å². The number of carbonyl (C=O) groups is 1. The van der Waals surface area contributed by atoms with E-state index in [1.807, 2.05) is 0 Å². The predicted octanol–water partition coefficient (Wildman–Crippen LogP) is 2.41. The van der Waals surface area contributed by atoms with Crippen LogP contribution in [0.1, 0.15) is 21.9 Å². The van der Waals surface area contributed by atoms with E-state index in [4.69, 9.17) is 14.9 Å². The summed E-state index contributed by atoms with van der Waals surface area (Å²) in [4.78, 5) is 12.0. The standard InChI is InChI=1S/C13H13NO3/c1-8-3-6-11(17-8)13(15)9-4-5-10(14)12(7-9)16-2/h3-7H,14H2,1-2H3. The summed E-state index contributed by atoms with van der Waals surface area (Å²) in [7, 11) is 1.51. The molecule has 1 aromatic carbocycles. The van der Waals surface area contributed by atoms with Crippen LogP contribution in [0.15, 0.2) is 34.7 Å². The van der Waals surface area contributed by atoms with Gasteiger partial charge in [-0.15, -0.1) is 0 Å². The Labute approximate surface area is 99.0 Å². The van der Waals surface area contributed by atoms with Crippen LogP contribution < -0.4 is 10.5 Å². The molecule has 88 valence electrons. The number of aryl methyl sites for hydroxylation is 1. The zero-order valence-electron chi connectivity index (χ0n) is 9.69. The number of anilines is 1. The summed E-state index contributed by atoms with van der Waals surface area (Å²) >= 11 is 0. The molecule has 0 fully saturated rings. The first kappa shape index (κ1) is 11.3. The molecule has 1 heterocycles. The molecule has 0 aliphatic carbocycles. The average Bonchev–Trinajstić information content (AvgIpc) is 2.75. The van der Waals surface area contributed by atoms with Crippen molar-refractivity contribution >= 4 is 11.5 Å². The number of hydrogen-bond acceptors (Lipinski definition) is 4. The molecular weight excluding hydrogens is 218 g/mol. The molecular formula is C13H13NO3. The van der Waals surface area contributed by atoms with Crippen LogP contribution in [0.25, 0.3) is 0 Å². The first-order valence-corrected chi connectivity index (χ1v) is 5.16. The van der Waals surface area contributed by atoms with E-state index in [1.165, 1.54) is 7.11 Å². The Morgan fingerprint density at radius 3 is 2.65 bits per heavy atom. The summed E-state index contributed by atoms with van der Waals surface area (Å²) in [6.45, 7) is 1.79. The summed E-state index contributed by atoms with van der Waals surface area (Å²) in [6, 6.07) is 8.30. The van der Waals surface area contributed by atoms with Crippen LogP contribution in [-0.2, 0) is 0 Å². The first-order chi connectivity index (χ1) is 8.11. The smallest absolute Gasteiger partial charge is 0.228 e. The monoisotopic (exact) mass is 231 g/mol. The largest absolute Gasteiger partial charge is 0.495 e. The van der Waals surface area contributed by atoms with Gasteiger partial charge < -0.3 is 14.9 Å². The second kappa shape index (κ2) is 4.33. The molecule has 0 saturated heterocycles. The fraction of sp³-hybridized carbons (Fsp3) is 0.154. The second-order valence-corrected chi connectivity index (χ2v) is 3.70. The van der Waals surface area contributed by atoms with Crippen LogP contribution in [0.4, 0.5) is 5.69 Å². The summed E-state index contributed by atoms with van der Waals surface area (Å²) in [5, 5.41) is 0. The number of ether oxygens (including phenoxy) is 1. The van der Waals surface area contributed by atoms with E-state index < -0.39 is 0 Å². The van der Waals surface area contributed by atoms with Crippen molar-refractivity contribution in [3.8, 4) is 5.75 Å². The Morgan fingerprint density at radius 2 is 2.06 bits per heavy atom. The normalized spacial score (nSPS) is 10.2. The maximum atomic E-state index is 12.0. The van der Waals surface area contributed by atoms with Crippen LogP contribution >= 0.6 is 0 Å². The maximum Gasteiger partial charge on any atom is 0.228 e. The first-order valence-electron chi connectivity index (χ1n) is 5.16. The highest BCUT2D eigenvalue weighted by Crippen LogP contribution is 2.24. The lowest BCUT2D eigenvalue weighted by Gasteiger charge is -2.05. The van der Waals surface area contributed by atoms with Crippen molar-refractivity contribution in [1.29, 1.82) is 0 Å². The topological polar surface area (TPSA) is 65.5 Å². The van der Waals surface area contributed by atoms with Crippen molar-refractivity contribution in [2.24, 2.45) is 0 Å². The van der Waals surface area contributed by atoms with E-state index in [0.717, 1.165) is 0 Å². The Balaban J connectivity index is 2.37. The van der Waals surface area contributed by atoms with Crippen molar-refractivity contribution in [3.05, 3.63) is 47.4 Å². The van der Waals surface area contributed by atoms with E-state index in [2.05, 4.69) is 0 Å². The number of carbonyl (C=O) groups excluding carboxylic acids is 1. The van der Waals surface area contributed by atoms with Gasteiger partial charge in [0.15, 0.2) is 5.76 Å². The van der Waals surface area contributed by atoms with Gasteiger partial charge in [0.05, 0.1) is 12.8 Å². The Bertz CT molecular complexity index is 558. The molecule has 0 bridgehead atoms. The van der Waals surface area contributed by atoms with Crippen molar-refractivity contribution in [2.45, 2.75) is 6.92 Å². The third kappa shape index (κ3) is 2.15. The Kier molecular flexibility index (Phi) is 2.87. The van der Waals surface area contributed by atoms with Gasteiger partial charge in [-0.25, -0.2) is 0 Å². The van der Waals surface area contributed by atoms with E-state index in [0.29, 0.717) is 28.5 Å². The van der Waals surface area contributed by atoms with Gasteiger partial charge in [-0.3, -0.25) is 4.79 Å². The average molecular weight is 231 g/mol. The van der Waals surface area contributed by atoms with Gasteiger partial charge in [-0.1, -0.05) is 0 Å². The molecule has 0 atom stereocenters. The predicted molar refractivity (Wildman–Crippen MR) is 64.3 cm³/mol. The van der Waals surface area contributed by atoms with Gasteiger partial charge in [0.1, 0.15) is 11.5 Å². The molecule has 2 N–H and O–H groups in total.